The minimum atomic E-state index is -0.879. The van der Waals surface area contributed by atoms with Crippen LogP contribution in [0.3, 0.4) is 0 Å². The van der Waals surface area contributed by atoms with Crippen LogP contribution in [0.2, 0.25) is 0 Å². The molecule has 0 unspecified atom stereocenters. The van der Waals surface area contributed by atoms with E-state index in [1.54, 1.807) is 13.8 Å². The van der Waals surface area contributed by atoms with Gasteiger partial charge in [-0.2, -0.15) is 5.10 Å². The van der Waals surface area contributed by atoms with Crippen LogP contribution in [0, 0.1) is 6.92 Å². The molecule has 0 amide bonds. The van der Waals surface area contributed by atoms with Crippen molar-refractivity contribution in [3.8, 4) is 0 Å². The summed E-state index contributed by atoms with van der Waals surface area (Å²) in [4.78, 5) is 11.2. The number of fused-ring (bicyclic) bond motifs is 1. The summed E-state index contributed by atoms with van der Waals surface area (Å²) in [6.45, 7) is 5.40. The maximum absolute atomic E-state index is 11.2. The summed E-state index contributed by atoms with van der Waals surface area (Å²) >= 11 is 0. The molecule has 17 heavy (non-hydrogen) atoms. The molecule has 0 spiro atoms. The Morgan fingerprint density at radius 1 is 1.41 bits per heavy atom. The van der Waals surface area contributed by atoms with Gasteiger partial charge in [0.25, 0.3) is 0 Å². The van der Waals surface area contributed by atoms with Crippen molar-refractivity contribution in [2.45, 2.75) is 26.2 Å². The summed E-state index contributed by atoms with van der Waals surface area (Å²) in [5, 5.41) is 14.6. The highest BCUT2D eigenvalue weighted by Gasteiger charge is 2.29. The van der Waals surface area contributed by atoms with E-state index in [1.165, 1.54) is 0 Å². The number of carboxylic acid groups (broad SMARTS) is 1. The number of aryl methyl sites for hydroxylation is 2. The van der Waals surface area contributed by atoms with Crippen molar-refractivity contribution in [1.29, 1.82) is 0 Å². The summed E-state index contributed by atoms with van der Waals surface area (Å²) in [7, 11) is 1.89. The van der Waals surface area contributed by atoms with Crippen LogP contribution in [0.25, 0.3) is 10.9 Å². The van der Waals surface area contributed by atoms with Crippen molar-refractivity contribution >= 4 is 16.9 Å². The monoisotopic (exact) mass is 232 g/mol. The Labute approximate surface area is 99.9 Å². The van der Waals surface area contributed by atoms with Gasteiger partial charge in [0, 0.05) is 18.1 Å². The fourth-order valence-electron chi connectivity index (χ4n) is 1.84. The van der Waals surface area contributed by atoms with Crippen LogP contribution >= 0.6 is 0 Å². The highest BCUT2D eigenvalue weighted by molar-refractivity contribution is 5.86. The molecule has 1 aromatic carbocycles. The average Bonchev–Trinajstić information content (AvgIpc) is 2.54. The zero-order chi connectivity index (χ0) is 12.8. The van der Waals surface area contributed by atoms with Crippen molar-refractivity contribution in [3.05, 3.63) is 29.5 Å². The van der Waals surface area contributed by atoms with Crippen LogP contribution in [-0.2, 0) is 17.3 Å². The Bertz CT molecular complexity index is 597. The lowest BCUT2D eigenvalue weighted by molar-refractivity contribution is -0.142. The minimum absolute atomic E-state index is 0.800. The summed E-state index contributed by atoms with van der Waals surface area (Å²) < 4.78 is 1.81. The molecule has 1 aromatic heterocycles. The normalized spacial score (nSPS) is 12.0. The first kappa shape index (κ1) is 11.6. The Morgan fingerprint density at radius 3 is 2.65 bits per heavy atom. The van der Waals surface area contributed by atoms with Crippen LogP contribution in [0.1, 0.15) is 25.1 Å². The van der Waals surface area contributed by atoms with Gasteiger partial charge >= 0.3 is 5.97 Å². The molecule has 0 radical (unpaired) electrons. The molecular formula is C13H16N2O2. The number of nitrogens with zero attached hydrogens (tertiary/aromatic N) is 2. The predicted octanol–water partition coefficient (Wildman–Crippen LogP) is 2.24. The van der Waals surface area contributed by atoms with E-state index < -0.39 is 11.4 Å². The topological polar surface area (TPSA) is 55.1 Å². The van der Waals surface area contributed by atoms with Crippen LogP contribution in [-0.4, -0.2) is 20.9 Å². The van der Waals surface area contributed by atoms with Gasteiger partial charge < -0.3 is 5.11 Å². The van der Waals surface area contributed by atoms with Gasteiger partial charge in [-0.25, -0.2) is 0 Å². The predicted molar refractivity (Wildman–Crippen MR) is 66.1 cm³/mol. The van der Waals surface area contributed by atoms with E-state index >= 15 is 0 Å². The van der Waals surface area contributed by atoms with Crippen molar-refractivity contribution in [1.82, 2.24) is 9.78 Å². The smallest absolute Gasteiger partial charge is 0.313 e. The van der Waals surface area contributed by atoms with Gasteiger partial charge in [-0.05, 0) is 38.5 Å². The molecule has 0 saturated heterocycles. The third kappa shape index (κ3) is 1.69. The lowest BCUT2D eigenvalue weighted by atomic mass is 9.84. The number of benzene rings is 1. The number of carbonyl (C=O) groups is 1. The molecule has 1 heterocycles. The minimum Gasteiger partial charge on any atom is -0.481 e. The third-order valence-electron chi connectivity index (χ3n) is 3.39. The molecule has 0 saturated carbocycles. The highest BCUT2D eigenvalue weighted by atomic mass is 16.4. The molecule has 4 heteroatoms. The Balaban J connectivity index is 2.66. The van der Waals surface area contributed by atoms with E-state index in [0.717, 1.165) is 22.2 Å². The van der Waals surface area contributed by atoms with Gasteiger partial charge in [-0.3, -0.25) is 9.48 Å². The van der Waals surface area contributed by atoms with Crippen molar-refractivity contribution < 1.29 is 9.90 Å². The molecule has 90 valence electrons. The van der Waals surface area contributed by atoms with Gasteiger partial charge in [0.1, 0.15) is 0 Å². The third-order valence-corrected chi connectivity index (χ3v) is 3.39. The van der Waals surface area contributed by atoms with E-state index in [2.05, 4.69) is 5.10 Å². The first-order chi connectivity index (χ1) is 7.84. The lowest BCUT2D eigenvalue weighted by Crippen LogP contribution is -2.28. The Morgan fingerprint density at radius 2 is 2.06 bits per heavy atom. The van der Waals surface area contributed by atoms with E-state index in [9.17, 15) is 9.90 Å². The van der Waals surface area contributed by atoms with E-state index in [1.807, 2.05) is 36.9 Å². The maximum atomic E-state index is 11.2. The van der Waals surface area contributed by atoms with Gasteiger partial charge in [-0.15, -0.1) is 0 Å². The molecular weight excluding hydrogens is 216 g/mol. The van der Waals surface area contributed by atoms with Crippen LogP contribution in [0.15, 0.2) is 18.2 Å². The molecule has 1 N–H and O–H groups in total. The maximum Gasteiger partial charge on any atom is 0.313 e. The number of hydrogen-bond donors (Lipinski definition) is 1. The molecule has 0 fully saturated rings. The first-order valence-corrected chi connectivity index (χ1v) is 5.51. The summed E-state index contributed by atoms with van der Waals surface area (Å²) in [5.41, 5.74) is 1.86. The van der Waals surface area contributed by atoms with Crippen molar-refractivity contribution in [3.63, 3.8) is 0 Å². The SMILES string of the molecule is Cc1c2cc(C(C)(C)C(=O)O)ccc2nn1C. The summed E-state index contributed by atoms with van der Waals surface area (Å²) in [6.07, 6.45) is 0. The largest absolute Gasteiger partial charge is 0.481 e. The second-order valence-electron chi connectivity index (χ2n) is 4.87. The number of aromatic nitrogens is 2. The van der Waals surface area contributed by atoms with Gasteiger partial charge in [0.15, 0.2) is 0 Å². The number of hydrogen-bond acceptors (Lipinski definition) is 2. The second kappa shape index (κ2) is 3.58. The van der Waals surface area contributed by atoms with Crippen molar-refractivity contribution in [2.24, 2.45) is 7.05 Å². The van der Waals surface area contributed by atoms with Gasteiger partial charge in [-0.1, -0.05) is 6.07 Å². The molecule has 2 rings (SSSR count). The quantitative estimate of drug-likeness (QED) is 0.864. The van der Waals surface area contributed by atoms with Gasteiger partial charge in [0.2, 0.25) is 0 Å². The molecule has 0 aliphatic rings. The Kier molecular flexibility index (Phi) is 2.45. The van der Waals surface area contributed by atoms with E-state index in [0.29, 0.717) is 0 Å². The Hall–Kier alpha value is -1.84. The van der Waals surface area contributed by atoms with Crippen LogP contribution < -0.4 is 0 Å². The highest BCUT2D eigenvalue weighted by Crippen LogP contribution is 2.27. The number of rotatable bonds is 2. The van der Waals surface area contributed by atoms with Crippen LogP contribution in [0.5, 0.6) is 0 Å². The molecule has 0 aliphatic heterocycles. The van der Waals surface area contributed by atoms with Crippen molar-refractivity contribution in [2.75, 3.05) is 0 Å². The molecule has 0 atom stereocenters. The van der Waals surface area contributed by atoms with Crippen LogP contribution in [0.4, 0.5) is 0 Å². The van der Waals surface area contributed by atoms with Gasteiger partial charge in [0.05, 0.1) is 10.9 Å². The zero-order valence-corrected chi connectivity index (χ0v) is 10.5. The first-order valence-electron chi connectivity index (χ1n) is 5.51. The fraction of sp³-hybridized carbons (Fsp3) is 0.385. The summed E-state index contributed by atoms with van der Waals surface area (Å²) in [6, 6.07) is 5.64. The average molecular weight is 232 g/mol. The fourth-order valence-corrected chi connectivity index (χ4v) is 1.84. The molecule has 0 aliphatic carbocycles. The van der Waals surface area contributed by atoms with E-state index in [4.69, 9.17) is 0 Å². The standard InChI is InChI=1S/C13H16N2O2/c1-8-10-7-9(13(2,3)12(16)17)5-6-11(10)14-15(8)4/h5-7H,1-4H3,(H,16,17). The molecule has 0 bridgehead atoms. The number of aliphatic carboxylic acids is 1. The lowest BCUT2D eigenvalue weighted by Gasteiger charge is -2.19. The summed E-state index contributed by atoms with van der Waals surface area (Å²) in [5.74, 6) is -0.821. The molecule has 4 nitrogen and oxygen atoms in total. The second-order valence-corrected chi connectivity index (χ2v) is 4.87. The van der Waals surface area contributed by atoms with E-state index in [-0.39, 0.29) is 0 Å². The molecule has 2 aromatic rings. The number of carboxylic acids is 1. The zero-order valence-electron chi connectivity index (χ0n) is 10.5.